The number of nitriles is 1. The van der Waals surface area contributed by atoms with Crippen molar-refractivity contribution < 1.29 is 18.9 Å². The van der Waals surface area contributed by atoms with Gasteiger partial charge in [0.25, 0.3) is 5.56 Å². The summed E-state index contributed by atoms with van der Waals surface area (Å²) in [5, 5.41) is 10.6. The standard InChI is InChI=1S/C23H21N3O5/c1-26-15-8-6-5-7-12(15)19-18(23(26)27)17(14(11-24)22(25)31-19)13-9-10-16(28-2)21(30-4)20(13)29-3/h5-10,17H,25H2,1-4H3. The minimum absolute atomic E-state index is 0.0600. The molecule has 0 saturated heterocycles. The SMILES string of the molecule is COc1ccc(C2C(C#N)=C(N)Oc3c2c(=O)n(C)c2ccccc32)c(OC)c1OC. The van der Waals surface area contributed by atoms with Crippen molar-refractivity contribution in [1.29, 1.82) is 5.26 Å². The topological polar surface area (TPSA) is 109 Å². The van der Waals surface area contributed by atoms with Gasteiger partial charge in [0.2, 0.25) is 11.6 Å². The molecule has 0 saturated carbocycles. The van der Waals surface area contributed by atoms with E-state index in [2.05, 4.69) is 6.07 Å². The molecule has 1 atom stereocenters. The van der Waals surface area contributed by atoms with Gasteiger partial charge in [0.15, 0.2) is 11.5 Å². The molecular formula is C23H21N3O5. The summed E-state index contributed by atoms with van der Waals surface area (Å²) in [6.45, 7) is 0. The number of para-hydroxylation sites is 1. The van der Waals surface area contributed by atoms with Crippen molar-refractivity contribution in [1.82, 2.24) is 4.57 Å². The molecule has 2 N–H and O–H groups in total. The van der Waals surface area contributed by atoms with E-state index in [1.54, 1.807) is 19.2 Å². The van der Waals surface area contributed by atoms with E-state index in [9.17, 15) is 10.1 Å². The predicted molar refractivity (Wildman–Crippen MR) is 115 cm³/mol. The van der Waals surface area contributed by atoms with E-state index in [4.69, 9.17) is 24.7 Å². The molecular weight excluding hydrogens is 398 g/mol. The van der Waals surface area contributed by atoms with Crippen LogP contribution >= 0.6 is 0 Å². The molecule has 2 heterocycles. The van der Waals surface area contributed by atoms with E-state index < -0.39 is 5.92 Å². The van der Waals surface area contributed by atoms with Gasteiger partial charge in [-0.2, -0.15) is 5.26 Å². The van der Waals surface area contributed by atoms with Crippen molar-refractivity contribution in [3.8, 4) is 29.1 Å². The Morgan fingerprint density at radius 2 is 1.77 bits per heavy atom. The molecule has 0 radical (unpaired) electrons. The molecule has 0 aliphatic carbocycles. The first-order chi connectivity index (χ1) is 15.0. The highest BCUT2D eigenvalue weighted by molar-refractivity contribution is 5.88. The van der Waals surface area contributed by atoms with Crippen molar-refractivity contribution in [3.05, 3.63) is 69.3 Å². The zero-order chi connectivity index (χ0) is 22.3. The van der Waals surface area contributed by atoms with Gasteiger partial charge in [-0.15, -0.1) is 0 Å². The molecule has 4 rings (SSSR count). The monoisotopic (exact) mass is 419 g/mol. The Morgan fingerprint density at radius 3 is 2.42 bits per heavy atom. The fraction of sp³-hybridized carbons (Fsp3) is 0.217. The zero-order valence-electron chi connectivity index (χ0n) is 17.6. The molecule has 8 heteroatoms. The number of allylic oxidation sites excluding steroid dienone is 1. The largest absolute Gasteiger partial charge is 0.493 e. The molecule has 0 fully saturated rings. The summed E-state index contributed by atoms with van der Waals surface area (Å²) in [6.07, 6.45) is 0. The molecule has 0 spiro atoms. The van der Waals surface area contributed by atoms with Gasteiger partial charge >= 0.3 is 0 Å². The van der Waals surface area contributed by atoms with Crippen molar-refractivity contribution >= 4 is 10.9 Å². The van der Waals surface area contributed by atoms with E-state index in [0.717, 1.165) is 0 Å². The van der Waals surface area contributed by atoms with Crippen molar-refractivity contribution in [2.24, 2.45) is 12.8 Å². The first kappa shape index (κ1) is 20.2. The Balaban J connectivity index is 2.14. The van der Waals surface area contributed by atoms with Crippen LogP contribution in [0.2, 0.25) is 0 Å². The van der Waals surface area contributed by atoms with Crippen LogP contribution in [0.4, 0.5) is 0 Å². The van der Waals surface area contributed by atoms with Crippen LogP contribution in [0.25, 0.3) is 10.9 Å². The van der Waals surface area contributed by atoms with E-state index in [1.807, 2.05) is 24.3 Å². The third kappa shape index (κ3) is 2.86. The number of hydrogen-bond acceptors (Lipinski definition) is 7. The molecule has 31 heavy (non-hydrogen) atoms. The number of ether oxygens (including phenoxy) is 4. The van der Waals surface area contributed by atoms with Gasteiger partial charge in [0.1, 0.15) is 17.4 Å². The number of nitrogens with zero attached hydrogens (tertiary/aromatic N) is 2. The van der Waals surface area contributed by atoms with Crippen LogP contribution < -0.4 is 30.2 Å². The lowest BCUT2D eigenvalue weighted by atomic mass is 9.82. The molecule has 8 nitrogen and oxygen atoms in total. The van der Waals surface area contributed by atoms with Gasteiger partial charge in [0, 0.05) is 18.0 Å². The van der Waals surface area contributed by atoms with Gasteiger partial charge < -0.3 is 29.2 Å². The molecule has 158 valence electrons. The lowest BCUT2D eigenvalue weighted by Crippen LogP contribution is -2.31. The lowest BCUT2D eigenvalue weighted by molar-refractivity contribution is 0.321. The number of methoxy groups -OCH3 is 3. The fourth-order valence-corrected chi connectivity index (χ4v) is 4.09. The molecule has 2 aromatic carbocycles. The Kier molecular flexibility index (Phi) is 4.95. The fourth-order valence-electron chi connectivity index (χ4n) is 4.09. The number of rotatable bonds is 4. The Morgan fingerprint density at radius 1 is 1.06 bits per heavy atom. The summed E-state index contributed by atoms with van der Waals surface area (Å²) in [5.41, 5.74) is 7.51. The second-order valence-corrected chi connectivity index (χ2v) is 6.97. The average Bonchev–Trinajstić information content (AvgIpc) is 2.80. The minimum Gasteiger partial charge on any atom is -0.493 e. The van der Waals surface area contributed by atoms with Crippen LogP contribution in [0.1, 0.15) is 17.0 Å². The van der Waals surface area contributed by atoms with Gasteiger partial charge in [-0.25, -0.2) is 0 Å². The number of fused-ring (bicyclic) bond motifs is 3. The van der Waals surface area contributed by atoms with E-state index >= 15 is 0 Å². The first-order valence-corrected chi connectivity index (χ1v) is 9.46. The molecule has 1 aliphatic heterocycles. The third-order valence-electron chi connectivity index (χ3n) is 5.51. The summed E-state index contributed by atoms with van der Waals surface area (Å²) in [7, 11) is 6.17. The predicted octanol–water partition coefficient (Wildman–Crippen LogP) is 2.78. The maximum atomic E-state index is 13.5. The van der Waals surface area contributed by atoms with Crippen LogP contribution in [0, 0.1) is 11.3 Å². The average molecular weight is 419 g/mol. The van der Waals surface area contributed by atoms with Crippen LogP contribution in [0.5, 0.6) is 23.0 Å². The van der Waals surface area contributed by atoms with Gasteiger partial charge in [0.05, 0.1) is 38.3 Å². The van der Waals surface area contributed by atoms with Gasteiger partial charge in [-0.05, 0) is 18.2 Å². The van der Waals surface area contributed by atoms with Crippen molar-refractivity contribution in [2.45, 2.75) is 5.92 Å². The lowest BCUT2D eigenvalue weighted by Gasteiger charge is -2.29. The zero-order valence-corrected chi connectivity index (χ0v) is 17.6. The molecule has 1 aliphatic rings. The number of benzene rings is 2. The number of hydrogen-bond donors (Lipinski definition) is 1. The summed E-state index contributed by atoms with van der Waals surface area (Å²) < 4.78 is 23.9. The normalized spacial score (nSPS) is 15.1. The summed E-state index contributed by atoms with van der Waals surface area (Å²) in [4.78, 5) is 13.5. The molecule has 0 bridgehead atoms. The van der Waals surface area contributed by atoms with E-state index in [1.165, 1.54) is 25.9 Å². The maximum Gasteiger partial charge on any atom is 0.258 e. The highest BCUT2D eigenvalue weighted by Crippen LogP contribution is 2.49. The quantitative estimate of drug-likeness (QED) is 0.693. The first-order valence-electron chi connectivity index (χ1n) is 9.46. The number of pyridine rings is 1. The van der Waals surface area contributed by atoms with Gasteiger partial charge in [-0.3, -0.25) is 4.79 Å². The van der Waals surface area contributed by atoms with Crippen LogP contribution in [0.15, 0.2) is 52.6 Å². The highest BCUT2D eigenvalue weighted by Gasteiger charge is 2.37. The maximum absolute atomic E-state index is 13.5. The van der Waals surface area contributed by atoms with Crippen molar-refractivity contribution in [3.63, 3.8) is 0 Å². The number of nitrogens with two attached hydrogens (primary N) is 1. The van der Waals surface area contributed by atoms with Crippen LogP contribution in [0.3, 0.4) is 0 Å². The van der Waals surface area contributed by atoms with Crippen LogP contribution in [-0.2, 0) is 7.05 Å². The summed E-state index contributed by atoms with van der Waals surface area (Å²) in [5.74, 6) is 0.607. The second kappa shape index (κ2) is 7.61. The van der Waals surface area contributed by atoms with Crippen LogP contribution in [-0.4, -0.2) is 25.9 Å². The Hall–Kier alpha value is -4.12. The minimum atomic E-state index is -0.813. The van der Waals surface area contributed by atoms with Gasteiger partial charge in [-0.1, -0.05) is 18.2 Å². The van der Waals surface area contributed by atoms with E-state index in [0.29, 0.717) is 45.0 Å². The summed E-state index contributed by atoms with van der Waals surface area (Å²) >= 11 is 0. The third-order valence-corrected chi connectivity index (χ3v) is 5.51. The highest BCUT2D eigenvalue weighted by atomic mass is 16.5. The summed E-state index contributed by atoms with van der Waals surface area (Å²) in [6, 6.07) is 12.9. The number of aryl methyl sites for hydroxylation is 1. The Labute approximate surface area is 178 Å². The molecule has 1 aromatic heterocycles. The number of aromatic nitrogens is 1. The van der Waals surface area contributed by atoms with E-state index in [-0.39, 0.29) is 17.0 Å². The molecule has 1 unspecified atom stereocenters. The smallest absolute Gasteiger partial charge is 0.258 e. The Bertz CT molecular complexity index is 1330. The second-order valence-electron chi connectivity index (χ2n) is 6.97. The van der Waals surface area contributed by atoms with Crippen molar-refractivity contribution in [2.75, 3.05) is 21.3 Å². The molecule has 0 amide bonds. The molecule has 3 aromatic rings.